The molecule has 180 valence electrons. The second-order valence-electron chi connectivity index (χ2n) is 8.48. The van der Waals surface area contributed by atoms with Gasteiger partial charge in [0.25, 0.3) is 0 Å². The molecular weight excluding hydrogens is 448 g/mol. The third-order valence-corrected chi connectivity index (χ3v) is 6.14. The first-order chi connectivity index (χ1) is 17.0. The van der Waals surface area contributed by atoms with Gasteiger partial charge >= 0.3 is 0 Å². The number of hydrogen-bond acceptors (Lipinski definition) is 8. The third kappa shape index (κ3) is 4.60. The molecular formula is C25H26N6O4. The Morgan fingerprint density at radius 2 is 1.80 bits per heavy atom. The van der Waals surface area contributed by atoms with E-state index in [-0.39, 0.29) is 30.7 Å². The maximum absolute atomic E-state index is 12.4. The summed E-state index contributed by atoms with van der Waals surface area (Å²) in [7, 11) is 0. The van der Waals surface area contributed by atoms with E-state index in [0.717, 1.165) is 18.4 Å². The lowest BCUT2D eigenvalue weighted by Gasteiger charge is -2.33. The molecule has 0 bridgehead atoms. The first kappa shape index (κ1) is 22.6. The first-order valence-electron chi connectivity index (χ1n) is 11.5. The molecule has 1 amide bonds. The fraction of sp³-hybridized carbons (Fsp3) is 0.280. The molecule has 0 aliphatic carbocycles. The molecule has 3 heterocycles. The molecule has 0 radical (unpaired) electrons. The van der Waals surface area contributed by atoms with Crippen LogP contribution in [0.5, 0.6) is 17.2 Å². The van der Waals surface area contributed by atoms with Crippen LogP contribution in [0.2, 0.25) is 0 Å². The Balaban J connectivity index is 1.46. The quantitative estimate of drug-likeness (QED) is 0.387. The van der Waals surface area contributed by atoms with Crippen LogP contribution in [0.1, 0.15) is 25.3 Å². The number of nitrogen functional groups attached to an aromatic ring is 1. The van der Waals surface area contributed by atoms with Crippen LogP contribution >= 0.6 is 0 Å². The summed E-state index contributed by atoms with van der Waals surface area (Å²) >= 11 is 0. The number of amides is 1. The molecule has 0 spiro atoms. The van der Waals surface area contributed by atoms with Crippen molar-refractivity contribution in [3.8, 4) is 28.5 Å². The fourth-order valence-corrected chi connectivity index (χ4v) is 4.42. The number of aromatic hydroxyl groups is 1. The lowest BCUT2D eigenvalue weighted by atomic mass is 10.1. The maximum Gasteiger partial charge on any atom is 0.224 e. The van der Waals surface area contributed by atoms with Gasteiger partial charge in [0.2, 0.25) is 5.91 Å². The number of nitrogens with zero attached hydrogens (tertiary/aromatic N) is 5. The molecule has 4 N–H and O–H groups in total. The van der Waals surface area contributed by atoms with E-state index in [4.69, 9.17) is 20.7 Å². The number of nitrogens with two attached hydrogens (primary N) is 1. The average Bonchev–Trinajstić information content (AvgIpc) is 3.27. The summed E-state index contributed by atoms with van der Waals surface area (Å²) in [5.74, 6) is 1.70. The van der Waals surface area contributed by atoms with Crippen molar-refractivity contribution in [1.82, 2.24) is 24.6 Å². The molecule has 0 saturated carbocycles. The van der Waals surface area contributed by atoms with Gasteiger partial charge in [0, 0.05) is 25.1 Å². The number of rotatable bonds is 6. The monoisotopic (exact) mass is 474 g/mol. The highest BCUT2D eigenvalue weighted by Crippen LogP contribution is 2.35. The highest BCUT2D eigenvalue weighted by molar-refractivity contribution is 5.98. The number of fused-ring (bicyclic) bond motifs is 1. The third-order valence-electron chi connectivity index (χ3n) is 6.14. The summed E-state index contributed by atoms with van der Waals surface area (Å²) in [4.78, 5) is 22.8. The largest absolute Gasteiger partial charge is 0.508 e. The SMILES string of the molecule is Nc1ncnc2c1c(-c1ccc(Oc3ccc(O)cc3)cc1)nn2[C@@H]1CCCN(C(=O)CCO)C1. The van der Waals surface area contributed by atoms with Gasteiger partial charge in [0.1, 0.15) is 35.1 Å². The van der Waals surface area contributed by atoms with Crippen molar-refractivity contribution < 1.29 is 19.7 Å². The minimum Gasteiger partial charge on any atom is -0.508 e. The normalized spacial score (nSPS) is 15.9. The highest BCUT2D eigenvalue weighted by atomic mass is 16.5. The number of benzene rings is 2. The first-order valence-corrected chi connectivity index (χ1v) is 11.5. The number of likely N-dealkylation sites (tertiary alicyclic amines) is 1. The van der Waals surface area contributed by atoms with E-state index < -0.39 is 0 Å². The van der Waals surface area contributed by atoms with Crippen LogP contribution in [-0.4, -0.2) is 60.5 Å². The number of piperidine rings is 1. The van der Waals surface area contributed by atoms with Gasteiger partial charge in [-0.3, -0.25) is 4.79 Å². The Morgan fingerprint density at radius 3 is 2.51 bits per heavy atom. The van der Waals surface area contributed by atoms with Gasteiger partial charge in [-0.15, -0.1) is 0 Å². The lowest BCUT2D eigenvalue weighted by Crippen LogP contribution is -2.41. The number of aliphatic hydroxyl groups excluding tert-OH is 1. The zero-order valence-corrected chi connectivity index (χ0v) is 19.0. The van der Waals surface area contributed by atoms with Gasteiger partial charge in [0.05, 0.1) is 18.0 Å². The van der Waals surface area contributed by atoms with E-state index in [9.17, 15) is 9.90 Å². The summed E-state index contributed by atoms with van der Waals surface area (Å²) in [5, 5.41) is 24.1. The Hall–Kier alpha value is -4.18. The number of phenols is 1. The van der Waals surface area contributed by atoms with Crippen molar-refractivity contribution in [1.29, 1.82) is 0 Å². The number of aromatic nitrogens is 4. The van der Waals surface area contributed by atoms with Crippen LogP contribution in [0.25, 0.3) is 22.3 Å². The molecule has 10 heteroatoms. The van der Waals surface area contributed by atoms with E-state index in [2.05, 4.69) is 9.97 Å². The Bertz CT molecular complexity index is 1340. The van der Waals surface area contributed by atoms with Gasteiger partial charge in [-0.2, -0.15) is 5.10 Å². The van der Waals surface area contributed by atoms with Crippen molar-refractivity contribution >= 4 is 22.8 Å². The fourth-order valence-electron chi connectivity index (χ4n) is 4.42. The molecule has 2 aromatic carbocycles. The van der Waals surface area contributed by atoms with Crippen molar-refractivity contribution in [2.45, 2.75) is 25.3 Å². The van der Waals surface area contributed by atoms with Crippen molar-refractivity contribution in [2.75, 3.05) is 25.4 Å². The number of phenolic OH excluding ortho intramolecular Hbond substituents is 1. The molecule has 1 aliphatic heterocycles. The Kier molecular flexibility index (Phi) is 6.19. The summed E-state index contributed by atoms with van der Waals surface area (Å²) in [6.45, 7) is 1.00. The summed E-state index contributed by atoms with van der Waals surface area (Å²) < 4.78 is 7.70. The second-order valence-corrected chi connectivity index (χ2v) is 8.48. The van der Waals surface area contributed by atoms with Gasteiger partial charge in [0.15, 0.2) is 5.65 Å². The van der Waals surface area contributed by atoms with Crippen LogP contribution < -0.4 is 10.5 Å². The summed E-state index contributed by atoms with van der Waals surface area (Å²) in [6, 6.07) is 13.9. The van der Waals surface area contributed by atoms with E-state index >= 15 is 0 Å². The zero-order chi connectivity index (χ0) is 24.4. The van der Waals surface area contributed by atoms with Crippen molar-refractivity contribution in [2.24, 2.45) is 0 Å². The van der Waals surface area contributed by atoms with Gasteiger partial charge in [-0.05, 0) is 61.4 Å². The number of ether oxygens (including phenoxy) is 1. The van der Waals surface area contributed by atoms with Gasteiger partial charge < -0.3 is 25.6 Å². The number of anilines is 1. The molecule has 5 rings (SSSR count). The molecule has 1 atom stereocenters. The summed E-state index contributed by atoms with van der Waals surface area (Å²) in [5.41, 5.74) is 8.37. The average molecular weight is 475 g/mol. The molecule has 1 saturated heterocycles. The van der Waals surface area contributed by atoms with E-state index in [1.54, 1.807) is 29.2 Å². The smallest absolute Gasteiger partial charge is 0.224 e. The number of hydrogen-bond donors (Lipinski definition) is 3. The van der Waals surface area contributed by atoms with Crippen LogP contribution in [-0.2, 0) is 4.79 Å². The summed E-state index contributed by atoms with van der Waals surface area (Å²) in [6.07, 6.45) is 3.22. The predicted octanol–water partition coefficient (Wildman–Crippen LogP) is 3.12. The topological polar surface area (TPSA) is 140 Å². The number of aliphatic hydroxyl groups is 1. The van der Waals surface area contributed by atoms with Gasteiger partial charge in [-0.25, -0.2) is 14.6 Å². The van der Waals surface area contributed by atoms with Crippen LogP contribution in [0, 0.1) is 0 Å². The standard InChI is InChI=1S/C25H26N6O4/c26-24-22-23(16-3-7-19(8-4-16)35-20-9-5-18(33)6-10-20)29-31(25(22)28-15-27-24)17-2-1-12-30(14-17)21(34)11-13-32/h3-10,15,17,32-33H,1-2,11-14H2,(H2,26,27,28)/t17-/m1/s1. The highest BCUT2D eigenvalue weighted by Gasteiger charge is 2.28. The van der Waals surface area contributed by atoms with Crippen molar-refractivity contribution in [3.05, 3.63) is 54.9 Å². The zero-order valence-electron chi connectivity index (χ0n) is 19.0. The predicted molar refractivity (Wildman–Crippen MR) is 130 cm³/mol. The van der Waals surface area contributed by atoms with Crippen molar-refractivity contribution in [3.63, 3.8) is 0 Å². The molecule has 1 fully saturated rings. The van der Waals surface area contributed by atoms with Crippen LogP contribution in [0.3, 0.4) is 0 Å². The molecule has 10 nitrogen and oxygen atoms in total. The molecule has 1 aliphatic rings. The second kappa shape index (κ2) is 9.59. The number of carbonyl (C=O) groups excluding carboxylic acids is 1. The Morgan fingerprint density at radius 1 is 1.09 bits per heavy atom. The van der Waals surface area contributed by atoms with Crippen LogP contribution in [0.4, 0.5) is 5.82 Å². The van der Waals surface area contributed by atoms with E-state index in [1.165, 1.54) is 6.33 Å². The molecule has 35 heavy (non-hydrogen) atoms. The van der Waals surface area contributed by atoms with Crippen LogP contribution in [0.15, 0.2) is 54.9 Å². The van der Waals surface area contributed by atoms with Gasteiger partial charge in [-0.1, -0.05) is 0 Å². The molecule has 2 aromatic heterocycles. The minimum atomic E-state index is -0.162. The molecule has 4 aromatic rings. The minimum absolute atomic E-state index is 0.0611. The molecule has 0 unspecified atom stereocenters. The maximum atomic E-state index is 12.4. The Labute approximate surface area is 201 Å². The van der Waals surface area contributed by atoms with E-state index in [1.807, 2.05) is 28.9 Å². The number of carbonyl (C=O) groups is 1. The lowest BCUT2D eigenvalue weighted by molar-refractivity contribution is -0.133. The van der Waals surface area contributed by atoms with E-state index in [0.29, 0.717) is 47.1 Å².